The van der Waals surface area contributed by atoms with Gasteiger partial charge >= 0.3 is 0 Å². The van der Waals surface area contributed by atoms with Crippen molar-refractivity contribution >= 4 is 5.82 Å². The van der Waals surface area contributed by atoms with E-state index in [4.69, 9.17) is 28.4 Å². The third-order valence-electron chi connectivity index (χ3n) is 25.4. The van der Waals surface area contributed by atoms with Crippen LogP contribution in [-0.2, 0) is 35.2 Å². The molecule has 1 atom stereocenters. The van der Waals surface area contributed by atoms with E-state index < -0.39 is 0 Å². The number of rotatable bonds is 26. The summed E-state index contributed by atoms with van der Waals surface area (Å²) in [6, 6.07) is 6.16. The molecule has 22 nitrogen and oxygen atoms in total. The first-order valence-electron chi connectivity index (χ1n) is 50.5. The molecule has 0 bridgehead atoms. The lowest BCUT2D eigenvalue weighted by Crippen LogP contribution is -2.57. The smallest absolute Gasteiger partial charge is 0.232 e. The van der Waals surface area contributed by atoms with Crippen LogP contribution in [0.5, 0.6) is 11.8 Å². The quantitative estimate of drug-likeness (QED) is 0.0776. The Bertz CT molecular complexity index is 3470. The van der Waals surface area contributed by atoms with Gasteiger partial charge < -0.3 is 68.5 Å². The van der Waals surface area contributed by atoms with Gasteiger partial charge in [0.15, 0.2) is 0 Å². The zero-order valence-electron chi connectivity index (χ0n) is 89.7. The number of hydrogen-bond donors (Lipinski definition) is 2. The molecule has 1 saturated carbocycles. The first-order valence-corrected chi connectivity index (χ1v) is 50.5. The van der Waals surface area contributed by atoms with Gasteiger partial charge in [0, 0.05) is 182 Å². The van der Waals surface area contributed by atoms with Crippen molar-refractivity contribution < 1.29 is 28.4 Å². The highest BCUT2D eigenvalue weighted by atomic mass is 16.5. The van der Waals surface area contributed by atoms with Gasteiger partial charge in [-0.25, -0.2) is 15.0 Å². The molecule has 8 fully saturated rings. The van der Waals surface area contributed by atoms with E-state index in [0.29, 0.717) is 53.0 Å². The van der Waals surface area contributed by atoms with Crippen molar-refractivity contribution in [2.75, 3.05) is 195 Å². The number of nitrogens with zero attached hydrogens (tertiary/aromatic N) is 14. The van der Waals surface area contributed by atoms with E-state index in [1.54, 1.807) is 6.20 Å². The number of hydrogen-bond acceptors (Lipinski definition) is 22. The van der Waals surface area contributed by atoms with Gasteiger partial charge in [-0.05, 0) is 276 Å². The number of ether oxygens (including phenoxy) is 6. The van der Waals surface area contributed by atoms with Crippen LogP contribution in [-0.4, -0.2) is 317 Å². The number of anilines is 1. The third-order valence-corrected chi connectivity index (χ3v) is 25.4. The third kappa shape index (κ3) is 47.1. The summed E-state index contributed by atoms with van der Waals surface area (Å²) in [6.45, 7) is 112. The highest BCUT2D eigenvalue weighted by Crippen LogP contribution is 2.37. The van der Waals surface area contributed by atoms with Crippen LogP contribution in [0.25, 0.3) is 0 Å². The number of likely N-dealkylation sites (tertiary alicyclic amines) is 5. The van der Waals surface area contributed by atoms with Crippen LogP contribution in [0.2, 0.25) is 0 Å². The minimum atomic E-state index is -0.0503. The monoisotopic (exact) mass is 1790 g/mol. The molecule has 0 unspecified atom stereocenters. The molecule has 10 heterocycles. The standard InChI is InChI=1S/C20H40N2O.C19H39N3.C18H32N4O.C18H31N3O2.C17H28N2O.C14H30N2O/c1-19(2,3)17-7-13-22(14-8-17)18-9-11-21(12-10-18)15-16-23-20(4,5)6;1-18(2,3)8-7-9-21-15-17(16-21)14-20-10-12-22(13-11-20)19(4,5)6;1-17(2,3)15-13-20-16(14-19-15)22-9-7-21(8-10-22)11-12-23-18(4,5)6;1-17(2,3)15-9-20-16(10-19-15)22-13-14-11-21(12-14)7-8-23-18(4,5)6;1-16(2,3)12-7-8-15(18-11-12)20-14-9-13(10-14)19-17(4,5)6;1-13(2,3)15-12-7-8-16(11-12)9-10-17-14(4,5)6/h17-18H,7-16H2,1-6H3;17H,7-16H2,1-6H3;13-14H,7-12H2,1-6H3;9-10,14H,7-8,11-13H2,1-6H3;7-8,11,13-14,19H,9-10H2,1-6H3;12,15H,7-11H2,1-6H3/t;;;;;12-/m.....0/s1. The molecule has 1 aliphatic carbocycles. The summed E-state index contributed by atoms with van der Waals surface area (Å²) in [5, 5.41) is 7.27. The summed E-state index contributed by atoms with van der Waals surface area (Å²) in [5.41, 5.74) is 5.10. The molecule has 8 aliphatic rings. The van der Waals surface area contributed by atoms with Crippen molar-refractivity contribution in [3.63, 3.8) is 0 Å². The summed E-state index contributed by atoms with van der Waals surface area (Å²) in [4.78, 5) is 45.4. The molecule has 22 heteroatoms. The molecule has 3 aromatic heterocycles. The predicted octanol–water partition coefficient (Wildman–Crippen LogP) is 18.7. The van der Waals surface area contributed by atoms with Crippen molar-refractivity contribution in [2.24, 2.45) is 28.6 Å². The Balaban J connectivity index is 0.000000238. The zero-order valence-corrected chi connectivity index (χ0v) is 89.7. The van der Waals surface area contributed by atoms with Crippen molar-refractivity contribution in [1.29, 1.82) is 0 Å². The van der Waals surface area contributed by atoms with Gasteiger partial charge in [-0.15, -0.1) is 0 Å². The number of nitrogens with one attached hydrogen (secondary N) is 2. The molecule has 0 spiro atoms. The average Bonchev–Trinajstić information content (AvgIpc) is 0.992. The summed E-state index contributed by atoms with van der Waals surface area (Å²) < 4.78 is 34.9. The summed E-state index contributed by atoms with van der Waals surface area (Å²) in [6.07, 6.45) is 21.2. The van der Waals surface area contributed by atoms with Crippen LogP contribution in [0.4, 0.5) is 5.82 Å². The molecule has 2 N–H and O–H groups in total. The normalized spacial score (nSPS) is 21.4. The molecule has 7 aliphatic heterocycles. The van der Waals surface area contributed by atoms with Gasteiger partial charge in [-0.1, -0.05) is 110 Å². The van der Waals surface area contributed by atoms with E-state index >= 15 is 0 Å². The van der Waals surface area contributed by atoms with E-state index in [2.05, 4.69) is 335 Å². The zero-order chi connectivity index (χ0) is 95.7. The first-order chi connectivity index (χ1) is 58.9. The number of aromatic nitrogens is 5. The highest BCUT2D eigenvalue weighted by Gasteiger charge is 2.38. The number of piperidine rings is 2. The Kier molecular flexibility index (Phi) is 43.9. The maximum atomic E-state index is 5.91. The molecule has 0 aromatic carbocycles. The molecular weight excluding hydrogens is 1590 g/mol. The molecule has 7 saturated heterocycles. The number of pyridine rings is 1. The van der Waals surface area contributed by atoms with Crippen molar-refractivity contribution in [1.82, 2.24) is 74.8 Å². The van der Waals surface area contributed by atoms with E-state index in [0.717, 1.165) is 152 Å². The van der Waals surface area contributed by atoms with Gasteiger partial charge in [0.05, 0.1) is 91.6 Å². The maximum absolute atomic E-state index is 5.91. The average molecular weight is 1790 g/mol. The molecule has 0 radical (unpaired) electrons. The topological polar surface area (TPSA) is 173 Å². The molecule has 0 amide bonds. The molecule has 740 valence electrons. The van der Waals surface area contributed by atoms with Gasteiger partial charge in [-0.3, -0.25) is 24.7 Å². The minimum absolute atomic E-state index is 0.00425. The van der Waals surface area contributed by atoms with Crippen LogP contribution < -0.4 is 25.0 Å². The second-order valence-electron chi connectivity index (χ2n) is 51.2. The van der Waals surface area contributed by atoms with Crippen LogP contribution in [0.1, 0.15) is 324 Å². The van der Waals surface area contributed by atoms with E-state index in [-0.39, 0.29) is 49.7 Å². The van der Waals surface area contributed by atoms with Gasteiger partial charge in [0.25, 0.3) is 0 Å². The lowest BCUT2D eigenvalue weighted by Gasteiger charge is -2.46. The fraction of sp³-hybridized carbons (Fsp3) is 0.877. The maximum Gasteiger partial charge on any atom is 0.232 e. The Labute approximate surface area is 786 Å². The summed E-state index contributed by atoms with van der Waals surface area (Å²) in [5.74, 6) is 4.77. The highest BCUT2D eigenvalue weighted by molar-refractivity contribution is 5.37. The Hall–Kier alpha value is -3.85. The van der Waals surface area contributed by atoms with Crippen LogP contribution in [0.15, 0.2) is 43.1 Å². The SMILES string of the molecule is CC(C)(C)CCCN1CC(CN2CCN(C(C)(C)C)CC2)C1.CC(C)(C)NC1CC(Oc2ccc(C(C)(C)C)cn2)C1.CC(C)(C)N[C@H]1CCN(CCOC(C)(C)C)C1.CC(C)(C)OCCN1CC(COc2cnc(C(C)(C)C)cn2)C1.CC(C)(C)OCCN1CCC(N2CCC(C(C)(C)C)CC2)CC1.CC(C)(C)OCCN1CCN(c2cnc(C(C)(C)C)cn2)CC1. The summed E-state index contributed by atoms with van der Waals surface area (Å²) >= 11 is 0. The van der Waals surface area contributed by atoms with E-state index in [1.807, 2.05) is 30.9 Å². The second kappa shape index (κ2) is 49.8. The molecule has 3 aromatic rings. The lowest BCUT2D eigenvalue weighted by molar-refractivity contribution is -0.0319. The first kappa shape index (κ1) is 113. The van der Waals surface area contributed by atoms with Crippen molar-refractivity contribution in [2.45, 2.75) is 387 Å². The number of piperazine rings is 2. The lowest BCUT2D eigenvalue weighted by atomic mass is 9.75. The van der Waals surface area contributed by atoms with Crippen LogP contribution in [0, 0.1) is 28.6 Å². The predicted molar refractivity (Wildman–Crippen MR) is 539 cm³/mol. The van der Waals surface area contributed by atoms with Crippen molar-refractivity contribution in [3.8, 4) is 11.8 Å². The molecular formula is C106H200N16O6. The summed E-state index contributed by atoms with van der Waals surface area (Å²) in [7, 11) is 0. The Morgan fingerprint density at radius 2 is 0.820 bits per heavy atom. The second-order valence-corrected chi connectivity index (χ2v) is 51.2. The fourth-order valence-corrected chi connectivity index (χ4v) is 17.6. The van der Waals surface area contributed by atoms with Gasteiger partial charge in [-0.2, -0.15) is 0 Å². The Morgan fingerprint density at radius 3 is 1.25 bits per heavy atom. The minimum Gasteiger partial charge on any atom is -0.476 e. The molecule has 11 rings (SSSR count). The van der Waals surface area contributed by atoms with E-state index in [1.165, 1.54) is 136 Å². The van der Waals surface area contributed by atoms with Gasteiger partial charge in [0.2, 0.25) is 11.8 Å². The van der Waals surface area contributed by atoms with Crippen LogP contribution in [0.3, 0.4) is 0 Å². The fourth-order valence-electron chi connectivity index (χ4n) is 17.6. The van der Waals surface area contributed by atoms with E-state index in [9.17, 15) is 0 Å². The largest absolute Gasteiger partial charge is 0.476 e. The van der Waals surface area contributed by atoms with Crippen LogP contribution >= 0.6 is 0 Å². The van der Waals surface area contributed by atoms with Crippen molar-refractivity contribution in [3.05, 3.63) is 60.1 Å². The van der Waals surface area contributed by atoms with Gasteiger partial charge in [0.1, 0.15) is 11.9 Å². The Morgan fingerprint density at radius 1 is 0.375 bits per heavy atom. The molecule has 128 heavy (non-hydrogen) atoms.